The first kappa shape index (κ1) is 23.8. The first-order chi connectivity index (χ1) is 15.6. The second-order valence-electron chi connectivity index (χ2n) is 10.1. The van der Waals surface area contributed by atoms with Crippen LogP contribution in [0.3, 0.4) is 0 Å². The van der Waals surface area contributed by atoms with Crippen LogP contribution in [-0.4, -0.2) is 122 Å². The van der Waals surface area contributed by atoms with Crippen molar-refractivity contribution in [2.24, 2.45) is 4.99 Å². The van der Waals surface area contributed by atoms with Crippen LogP contribution in [0.15, 0.2) is 4.99 Å². The standard InChI is InChI=1S/C24H44N6O2/c1-3-25-23(29-17-15-28(16-18-29)22(31)21-8-7-19-32-21)26-20-24(9-13-27(2)14-10-24)30-11-5-4-6-12-30/h21H,3-20H2,1-2H3,(H,25,26). The molecule has 8 nitrogen and oxygen atoms in total. The molecule has 1 atom stereocenters. The van der Waals surface area contributed by atoms with Crippen LogP contribution in [0.4, 0.5) is 0 Å². The Hall–Kier alpha value is -1.38. The number of guanidine groups is 1. The van der Waals surface area contributed by atoms with Crippen molar-refractivity contribution in [2.45, 2.75) is 63.5 Å². The van der Waals surface area contributed by atoms with E-state index in [0.717, 1.165) is 77.8 Å². The number of nitrogens with one attached hydrogen (secondary N) is 1. The minimum absolute atomic E-state index is 0.180. The smallest absolute Gasteiger partial charge is 0.251 e. The van der Waals surface area contributed by atoms with Gasteiger partial charge in [-0.1, -0.05) is 6.42 Å². The second kappa shape index (κ2) is 11.2. The average Bonchev–Trinajstić information content (AvgIpc) is 3.38. The van der Waals surface area contributed by atoms with Crippen molar-refractivity contribution in [3.8, 4) is 0 Å². The number of piperazine rings is 1. The van der Waals surface area contributed by atoms with Gasteiger partial charge in [0.05, 0.1) is 6.54 Å². The fourth-order valence-corrected chi connectivity index (χ4v) is 5.74. The van der Waals surface area contributed by atoms with Gasteiger partial charge in [-0.2, -0.15) is 0 Å². The van der Waals surface area contributed by atoms with Crippen LogP contribution in [0, 0.1) is 0 Å². The number of likely N-dealkylation sites (tertiary alicyclic amines) is 2. The van der Waals surface area contributed by atoms with Gasteiger partial charge in [-0.15, -0.1) is 0 Å². The first-order valence-electron chi connectivity index (χ1n) is 13.0. The van der Waals surface area contributed by atoms with Crippen molar-refractivity contribution in [2.75, 3.05) is 79.1 Å². The minimum Gasteiger partial charge on any atom is -0.368 e. The van der Waals surface area contributed by atoms with Crippen molar-refractivity contribution in [1.29, 1.82) is 0 Å². The Bertz CT molecular complexity index is 628. The number of amides is 1. The molecule has 182 valence electrons. The molecule has 4 saturated heterocycles. The number of hydrogen-bond donors (Lipinski definition) is 1. The van der Waals surface area contributed by atoms with Gasteiger partial charge >= 0.3 is 0 Å². The van der Waals surface area contributed by atoms with Crippen molar-refractivity contribution in [1.82, 2.24) is 24.9 Å². The molecule has 1 amide bonds. The van der Waals surface area contributed by atoms with Crippen molar-refractivity contribution in [3.05, 3.63) is 0 Å². The van der Waals surface area contributed by atoms with Crippen LogP contribution >= 0.6 is 0 Å². The Kier molecular flexibility index (Phi) is 8.29. The molecule has 32 heavy (non-hydrogen) atoms. The molecule has 0 saturated carbocycles. The van der Waals surface area contributed by atoms with Gasteiger partial charge in [0, 0.05) is 44.9 Å². The van der Waals surface area contributed by atoms with E-state index < -0.39 is 0 Å². The van der Waals surface area contributed by atoms with Crippen LogP contribution < -0.4 is 5.32 Å². The number of ether oxygens (including phenoxy) is 1. The van der Waals surface area contributed by atoms with Crippen LogP contribution in [-0.2, 0) is 9.53 Å². The molecule has 0 radical (unpaired) electrons. The maximum Gasteiger partial charge on any atom is 0.251 e. The molecule has 4 heterocycles. The molecule has 4 rings (SSSR count). The zero-order chi connectivity index (χ0) is 22.4. The number of rotatable bonds is 5. The van der Waals surface area contributed by atoms with E-state index in [2.05, 4.69) is 34.0 Å². The lowest BCUT2D eigenvalue weighted by Gasteiger charge is -2.49. The summed E-state index contributed by atoms with van der Waals surface area (Å²) >= 11 is 0. The molecule has 0 aliphatic carbocycles. The Morgan fingerprint density at radius 3 is 2.28 bits per heavy atom. The van der Waals surface area contributed by atoms with E-state index in [-0.39, 0.29) is 17.6 Å². The largest absolute Gasteiger partial charge is 0.368 e. The predicted molar refractivity (Wildman–Crippen MR) is 128 cm³/mol. The summed E-state index contributed by atoms with van der Waals surface area (Å²) in [6.45, 7) is 12.6. The van der Waals surface area contributed by atoms with E-state index >= 15 is 0 Å². The molecule has 1 unspecified atom stereocenters. The SMILES string of the molecule is CCNC(=NCC1(N2CCCCC2)CCN(C)CC1)N1CCN(C(=O)C2CCCO2)CC1. The lowest BCUT2D eigenvalue weighted by Crippen LogP contribution is -2.59. The number of aliphatic imine (C=N–C) groups is 1. The third-order valence-corrected chi connectivity index (χ3v) is 7.90. The highest BCUT2D eigenvalue weighted by Gasteiger charge is 2.40. The Morgan fingerprint density at radius 1 is 0.969 bits per heavy atom. The van der Waals surface area contributed by atoms with E-state index in [0.29, 0.717) is 0 Å². The van der Waals surface area contributed by atoms with Gasteiger partial charge in [0.1, 0.15) is 6.10 Å². The summed E-state index contributed by atoms with van der Waals surface area (Å²) in [6.07, 6.45) is 8.08. The van der Waals surface area contributed by atoms with Gasteiger partial charge in [-0.3, -0.25) is 14.7 Å². The molecule has 4 aliphatic heterocycles. The van der Waals surface area contributed by atoms with Crippen molar-refractivity contribution >= 4 is 11.9 Å². The van der Waals surface area contributed by atoms with E-state index in [1.807, 2.05) is 4.90 Å². The van der Waals surface area contributed by atoms with Gasteiger partial charge in [0.25, 0.3) is 5.91 Å². The monoisotopic (exact) mass is 448 g/mol. The summed E-state index contributed by atoms with van der Waals surface area (Å²) in [5.74, 6) is 1.20. The molecular weight excluding hydrogens is 404 g/mol. The molecule has 0 aromatic heterocycles. The Morgan fingerprint density at radius 2 is 1.66 bits per heavy atom. The highest BCUT2D eigenvalue weighted by atomic mass is 16.5. The first-order valence-corrected chi connectivity index (χ1v) is 13.0. The Balaban J connectivity index is 1.39. The second-order valence-corrected chi connectivity index (χ2v) is 10.1. The molecule has 8 heteroatoms. The molecule has 4 aliphatic rings. The number of nitrogens with zero attached hydrogens (tertiary/aromatic N) is 5. The maximum atomic E-state index is 12.7. The molecule has 0 aromatic rings. The number of piperidine rings is 2. The minimum atomic E-state index is -0.211. The number of carbonyl (C=O) groups excluding carboxylic acids is 1. The van der Waals surface area contributed by atoms with Crippen LogP contribution in [0.1, 0.15) is 51.9 Å². The van der Waals surface area contributed by atoms with Gasteiger partial charge in [0.15, 0.2) is 5.96 Å². The third kappa shape index (κ3) is 5.57. The number of carbonyl (C=O) groups is 1. The summed E-state index contributed by atoms with van der Waals surface area (Å²) in [5, 5.41) is 3.54. The summed E-state index contributed by atoms with van der Waals surface area (Å²) < 4.78 is 5.61. The molecule has 4 fully saturated rings. The van der Waals surface area contributed by atoms with Crippen LogP contribution in [0.25, 0.3) is 0 Å². The number of hydrogen-bond acceptors (Lipinski definition) is 5. The quantitative estimate of drug-likeness (QED) is 0.504. The van der Waals surface area contributed by atoms with E-state index in [1.54, 1.807) is 0 Å². The zero-order valence-electron chi connectivity index (χ0n) is 20.4. The third-order valence-electron chi connectivity index (χ3n) is 7.90. The molecular formula is C24H44N6O2. The topological polar surface area (TPSA) is 63.7 Å². The van der Waals surface area contributed by atoms with Crippen LogP contribution in [0.2, 0.25) is 0 Å². The maximum absolute atomic E-state index is 12.7. The Labute approximate surface area is 194 Å². The van der Waals surface area contributed by atoms with E-state index in [9.17, 15) is 4.79 Å². The zero-order valence-corrected chi connectivity index (χ0v) is 20.4. The molecule has 0 aromatic carbocycles. The van der Waals surface area contributed by atoms with E-state index in [4.69, 9.17) is 9.73 Å². The lowest BCUT2D eigenvalue weighted by molar-refractivity contribution is -0.142. The van der Waals surface area contributed by atoms with Gasteiger partial charge < -0.3 is 24.8 Å². The molecule has 1 N–H and O–H groups in total. The van der Waals surface area contributed by atoms with Gasteiger partial charge in [0.2, 0.25) is 0 Å². The summed E-state index contributed by atoms with van der Waals surface area (Å²) in [6, 6.07) is 0. The van der Waals surface area contributed by atoms with Gasteiger partial charge in [-0.25, -0.2) is 0 Å². The van der Waals surface area contributed by atoms with Crippen molar-refractivity contribution < 1.29 is 9.53 Å². The van der Waals surface area contributed by atoms with Gasteiger partial charge in [-0.05, 0) is 78.7 Å². The highest BCUT2D eigenvalue weighted by molar-refractivity contribution is 5.83. The van der Waals surface area contributed by atoms with Crippen LogP contribution in [0.5, 0.6) is 0 Å². The summed E-state index contributed by atoms with van der Waals surface area (Å²) in [5.41, 5.74) is 0.200. The predicted octanol–water partition coefficient (Wildman–Crippen LogP) is 1.23. The summed E-state index contributed by atoms with van der Waals surface area (Å²) in [4.78, 5) is 27.5. The van der Waals surface area contributed by atoms with E-state index in [1.165, 1.54) is 45.2 Å². The molecule has 0 spiro atoms. The summed E-state index contributed by atoms with van der Waals surface area (Å²) in [7, 11) is 2.24. The average molecular weight is 449 g/mol. The highest BCUT2D eigenvalue weighted by Crippen LogP contribution is 2.32. The molecule has 0 bridgehead atoms. The fraction of sp³-hybridized carbons (Fsp3) is 0.917. The normalized spacial score (nSPS) is 28.2. The fourth-order valence-electron chi connectivity index (χ4n) is 5.74. The van der Waals surface area contributed by atoms with Crippen molar-refractivity contribution in [3.63, 3.8) is 0 Å². The lowest BCUT2D eigenvalue weighted by atomic mass is 9.84.